The van der Waals surface area contributed by atoms with Gasteiger partial charge in [-0.3, -0.25) is 4.79 Å². The first-order valence-electron chi connectivity index (χ1n) is 8.01. The lowest BCUT2D eigenvalue weighted by Gasteiger charge is -2.02. The van der Waals surface area contributed by atoms with E-state index in [9.17, 15) is 4.79 Å². The highest BCUT2D eigenvalue weighted by molar-refractivity contribution is 5.94. The number of hydrogen-bond donors (Lipinski definition) is 1. The Hall–Kier alpha value is -1.05. The van der Waals surface area contributed by atoms with Gasteiger partial charge < -0.3 is 4.98 Å². The molecule has 0 saturated heterocycles. The molecule has 0 aromatic carbocycles. The molecule has 19 heavy (non-hydrogen) atoms. The van der Waals surface area contributed by atoms with Crippen LogP contribution in [0, 0.1) is 0 Å². The molecule has 0 spiro atoms. The molecule has 0 fully saturated rings. The lowest BCUT2D eigenvalue weighted by Crippen LogP contribution is -1.98. The van der Waals surface area contributed by atoms with Crippen LogP contribution in [0.4, 0.5) is 0 Å². The first-order valence-corrected chi connectivity index (χ1v) is 8.01. The van der Waals surface area contributed by atoms with Crippen LogP contribution in [0.2, 0.25) is 0 Å². The maximum Gasteiger partial charge on any atom is 0.178 e. The van der Waals surface area contributed by atoms with Crippen molar-refractivity contribution in [1.82, 2.24) is 4.98 Å². The number of hydrogen-bond acceptors (Lipinski definition) is 1. The first-order chi connectivity index (χ1) is 9.34. The van der Waals surface area contributed by atoms with Gasteiger partial charge in [0, 0.05) is 12.6 Å². The molecule has 0 aliphatic rings. The van der Waals surface area contributed by atoms with Crippen molar-refractivity contribution < 1.29 is 4.79 Å². The Bertz CT molecular complexity index is 316. The summed E-state index contributed by atoms with van der Waals surface area (Å²) in [5, 5.41) is 0. The summed E-state index contributed by atoms with van der Waals surface area (Å²) < 4.78 is 0. The normalized spacial score (nSPS) is 10.8. The van der Waals surface area contributed by atoms with E-state index in [1.54, 1.807) is 0 Å². The van der Waals surface area contributed by atoms with Gasteiger partial charge in [0.2, 0.25) is 0 Å². The van der Waals surface area contributed by atoms with Crippen LogP contribution in [0.3, 0.4) is 0 Å². The molecular formula is C17H29NO. The summed E-state index contributed by atoms with van der Waals surface area (Å²) in [5.41, 5.74) is 0.760. The van der Waals surface area contributed by atoms with Gasteiger partial charge in [0.05, 0.1) is 5.69 Å². The second kappa shape index (κ2) is 10.8. The summed E-state index contributed by atoms with van der Waals surface area (Å²) in [6.07, 6.45) is 15.6. The molecule has 0 amide bonds. The number of carbonyl (C=O) groups excluding carboxylic acids is 1. The third kappa shape index (κ3) is 7.86. The smallest absolute Gasteiger partial charge is 0.178 e. The fourth-order valence-electron chi connectivity index (χ4n) is 2.41. The van der Waals surface area contributed by atoms with Crippen LogP contribution >= 0.6 is 0 Å². The van der Waals surface area contributed by atoms with Crippen LogP contribution < -0.4 is 0 Å². The summed E-state index contributed by atoms with van der Waals surface area (Å²) in [6, 6.07) is 3.74. The summed E-state index contributed by atoms with van der Waals surface area (Å²) >= 11 is 0. The van der Waals surface area contributed by atoms with Gasteiger partial charge in [-0.25, -0.2) is 0 Å². The Labute approximate surface area is 118 Å². The van der Waals surface area contributed by atoms with Crippen LogP contribution in [0.5, 0.6) is 0 Å². The maximum atomic E-state index is 11.7. The topological polar surface area (TPSA) is 32.9 Å². The van der Waals surface area contributed by atoms with Crippen LogP contribution in [0.15, 0.2) is 18.3 Å². The second-order valence-corrected chi connectivity index (χ2v) is 5.44. The monoisotopic (exact) mass is 263 g/mol. The molecule has 108 valence electrons. The molecule has 1 heterocycles. The van der Waals surface area contributed by atoms with E-state index in [0.717, 1.165) is 12.1 Å². The number of unbranched alkanes of at least 4 members (excludes halogenated alkanes) is 9. The average molecular weight is 263 g/mol. The van der Waals surface area contributed by atoms with Gasteiger partial charge >= 0.3 is 0 Å². The molecule has 0 saturated carbocycles. The molecule has 1 aromatic rings. The van der Waals surface area contributed by atoms with E-state index in [2.05, 4.69) is 11.9 Å². The molecule has 1 N–H and O–H groups in total. The lowest BCUT2D eigenvalue weighted by atomic mass is 10.0. The molecule has 0 radical (unpaired) electrons. The Morgan fingerprint density at radius 2 is 1.53 bits per heavy atom. The van der Waals surface area contributed by atoms with Crippen molar-refractivity contribution in [3.63, 3.8) is 0 Å². The summed E-state index contributed by atoms with van der Waals surface area (Å²) in [5.74, 6) is 0.254. The number of nitrogens with one attached hydrogen (secondary N) is 1. The minimum Gasteiger partial charge on any atom is -0.359 e. The number of Topliss-reactive ketones (excluding diaryl/α,β-unsaturated/α-hetero) is 1. The zero-order valence-electron chi connectivity index (χ0n) is 12.4. The first kappa shape index (κ1) is 16.0. The quantitative estimate of drug-likeness (QED) is 0.391. The van der Waals surface area contributed by atoms with Crippen molar-refractivity contribution in [3.8, 4) is 0 Å². The minimum atomic E-state index is 0.254. The van der Waals surface area contributed by atoms with Gasteiger partial charge in [0.1, 0.15) is 0 Å². The third-order valence-corrected chi connectivity index (χ3v) is 3.66. The Kier molecular flexibility index (Phi) is 9.13. The van der Waals surface area contributed by atoms with E-state index < -0.39 is 0 Å². The highest BCUT2D eigenvalue weighted by Crippen LogP contribution is 2.12. The molecule has 0 atom stereocenters. The predicted molar refractivity (Wildman–Crippen MR) is 81.6 cm³/mol. The molecule has 2 heteroatoms. The highest BCUT2D eigenvalue weighted by Gasteiger charge is 2.04. The molecule has 0 aliphatic carbocycles. The van der Waals surface area contributed by atoms with Gasteiger partial charge in [-0.15, -0.1) is 0 Å². The summed E-state index contributed by atoms with van der Waals surface area (Å²) in [7, 11) is 0. The van der Waals surface area contributed by atoms with Crippen LogP contribution in [-0.4, -0.2) is 10.8 Å². The Morgan fingerprint density at radius 3 is 2.05 bits per heavy atom. The van der Waals surface area contributed by atoms with Crippen molar-refractivity contribution >= 4 is 5.78 Å². The van der Waals surface area contributed by atoms with Crippen molar-refractivity contribution in [3.05, 3.63) is 24.0 Å². The van der Waals surface area contributed by atoms with Crippen molar-refractivity contribution in [1.29, 1.82) is 0 Å². The van der Waals surface area contributed by atoms with Crippen molar-refractivity contribution in [2.75, 3.05) is 0 Å². The average Bonchev–Trinajstić information content (AvgIpc) is 2.95. The van der Waals surface area contributed by atoms with Crippen molar-refractivity contribution in [2.24, 2.45) is 0 Å². The number of rotatable bonds is 12. The van der Waals surface area contributed by atoms with Crippen molar-refractivity contribution in [2.45, 2.75) is 77.6 Å². The molecule has 2 nitrogen and oxygen atoms in total. The van der Waals surface area contributed by atoms with Gasteiger partial charge in [-0.2, -0.15) is 0 Å². The van der Waals surface area contributed by atoms with E-state index >= 15 is 0 Å². The molecule has 0 unspecified atom stereocenters. The second-order valence-electron chi connectivity index (χ2n) is 5.44. The number of aromatic amines is 1. The van der Waals surface area contributed by atoms with Crippen LogP contribution in [0.1, 0.15) is 88.0 Å². The van der Waals surface area contributed by atoms with Gasteiger partial charge in [0.25, 0.3) is 0 Å². The van der Waals surface area contributed by atoms with Crippen LogP contribution in [0.25, 0.3) is 0 Å². The fourth-order valence-corrected chi connectivity index (χ4v) is 2.41. The number of ketones is 1. The Balaban J connectivity index is 1.85. The summed E-state index contributed by atoms with van der Waals surface area (Å²) in [4.78, 5) is 14.7. The zero-order chi connectivity index (χ0) is 13.8. The van der Waals surface area contributed by atoms with E-state index in [1.165, 1.54) is 57.8 Å². The standard InChI is InChI=1S/C17H29NO/c1-2-3-4-5-6-7-8-9-10-11-14-17(19)16-13-12-15-18-16/h12-13,15,18H,2-11,14H2,1H3. The number of H-pyrrole nitrogens is 1. The van der Waals surface area contributed by atoms with E-state index in [4.69, 9.17) is 0 Å². The summed E-state index contributed by atoms with van der Waals surface area (Å²) in [6.45, 7) is 2.26. The third-order valence-electron chi connectivity index (χ3n) is 3.66. The number of aromatic nitrogens is 1. The maximum absolute atomic E-state index is 11.7. The zero-order valence-corrected chi connectivity index (χ0v) is 12.4. The highest BCUT2D eigenvalue weighted by atomic mass is 16.1. The van der Waals surface area contributed by atoms with Gasteiger partial charge in [0.15, 0.2) is 5.78 Å². The molecule has 1 rings (SSSR count). The van der Waals surface area contributed by atoms with Gasteiger partial charge in [-0.1, -0.05) is 64.7 Å². The van der Waals surface area contributed by atoms with E-state index in [0.29, 0.717) is 6.42 Å². The SMILES string of the molecule is CCCCCCCCCCCCC(=O)c1ccc[nH]1. The molecule has 1 aromatic heterocycles. The largest absolute Gasteiger partial charge is 0.359 e. The minimum absolute atomic E-state index is 0.254. The lowest BCUT2D eigenvalue weighted by molar-refractivity contribution is 0.0975. The number of carbonyl (C=O) groups is 1. The molecule has 0 bridgehead atoms. The Morgan fingerprint density at radius 1 is 0.947 bits per heavy atom. The molecule has 0 aliphatic heterocycles. The van der Waals surface area contributed by atoms with Crippen LogP contribution in [-0.2, 0) is 0 Å². The molecular weight excluding hydrogens is 234 g/mol. The predicted octanol–water partition coefficient (Wildman–Crippen LogP) is 5.51. The fraction of sp³-hybridized carbons (Fsp3) is 0.706. The van der Waals surface area contributed by atoms with Gasteiger partial charge in [-0.05, 0) is 18.6 Å². The van der Waals surface area contributed by atoms with E-state index in [1.807, 2.05) is 18.3 Å². The van der Waals surface area contributed by atoms with E-state index in [-0.39, 0.29) is 5.78 Å².